The highest BCUT2D eigenvalue weighted by Gasteiger charge is 2.19. The molecule has 1 N–H and O–H groups in total. The molecule has 0 saturated carbocycles. The molecule has 0 aliphatic carbocycles. The molecule has 0 aliphatic heterocycles. The van der Waals surface area contributed by atoms with E-state index in [1.54, 1.807) is 22.7 Å². The molecule has 0 saturated heterocycles. The number of anilines is 1. The van der Waals surface area contributed by atoms with Crippen molar-refractivity contribution < 1.29 is 14.3 Å². The highest BCUT2D eigenvalue weighted by Crippen LogP contribution is 2.29. The Bertz CT molecular complexity index is 999. The van der Waals surface area contributed by atoms with Crippen molar-refractivity contribution >= 4 is 17.6 Å². The number of fused-ring (bicyclic) bond motifs is 1. The van der Waals surface area contributed by atoms with Crippen molar-refractivity contribution in [3.63, 3.8) is 0 Å². The van der Waals surface area contributed by atoms with Crippen LogP contribution in [0.4, 0.5) is 10.6 Å². The van der Waals surface area contributed by atoms with Gasteiger partial charge >= 0.3 is 6.09 Å². The maximum atomic E-state index is 12.3. The first-order chi connectivity index (χ1) is 14.4. The quantitative estimate of drug-likeness (QED) is 0.602. The Kier molecular flexibility index (Phi) is 6.76. The SMILES string of the molecule is COc1ccccc1-c1cnc2ccc(NCCN(C(=O)OC(C)C)C(C)C)nn12. The molecule has 2 aromatic heterocycles. The fraction of sp³-hybridized carbons (Fsp3) is 0.409. The summed E-state index contributed by atoms with van der Waals surface area (Å²) in [5.41, 5.74) is 2.50. The predicted octanol–water partition coefficient (Wildman–Crippen LogP) is 4.07. The normalized spacial score (nSPS) is 11.2. The van der Waals surface area contributed by atoms with Crippen molar-refractivity contribution in [3.05, 3.63) is 42.6 Å². The number of imidazole rings is 1. The number of para-hydroxylation sites is 1. The number of nitrogens with one attached hydrogen (secondary N) is 1. The molecule has 0 fully saturated rings. The van der Waals surface area contributed by atoms with Crippen LogP contribution in [0.5, 0.6) is 5.75 Å². The van der Waals surface area contributed by atoms with Crippen LogP contribution in [0.3, 0.4) is 0 Å². The molecule has 8 nitrogen and oxygen atoms in total. The number of benzene rings is 1. The number of hydrogen-bond donors (Lipinski definition) is 1. The smallest absolute Gasteiger partial charge is 0.410 e. The Balaban J connectivity index is 1.75. The highest BCUT2D eigenvalue weighted by molar-refractivity contribution is 5.70. The first-order valence-corrected chi connectivity index (χ1v) is 10.1. The van der Waals surface area contributed by atoms with Gasteiger partial charge in [0.05, 0.1) is 25.1 Å². The fourth-order valence-electron chi connectivity index (χ4n) is 3.14. The second kappa shape index (κ2) is 9.47. The van der Waals surface area contributed by atoms with Crippen LogP contribution in [-0.2, 0) is 4.74 Å². The molecule has 160 valence electrons. The molecule has 2 heterocycles. The van der Waals surface area contributed by atoms with Crippen molar-refractivity contribution in [3.8, 4) is 17.0 Å². The molecule has 0 atom stereocenters. The lowest BCUT2D eigenvalue weighted by Crippen LogP contribution is -2.41. The molecule has 0 spiro atoms. The largest absolute Gasteiger partial charge is 0.496 e. The van der Waals surface area contributed by atoms with E-state index in [1.165, 1.54) is 0 Å². The summed E-state index contributed by atoms with van der Waals surface area (Å²) in [6.45, 7) is 8.68. The van der Waals surface area contributed by atoms with Crippen LogP contribution in [0, 0.1) is 0 Å². The molecule has 3 rings (SSSR count). The fourth-order valence-corrected chi connectivity index (χ4v) is 3.14. The Morgan fingerprint density at radius 3 is 2.63 bits per heavy atom. The molecule has 8 heteroatoms. The first kappa shape index (κ1) is 21.4. The van der Waals surface area contributed by atoms with E-state index in [-0.39, 0.29) is 18.2 Å². The van der Waals surface area contributed by atoms with E-state index < -0.39 is 0 Å². The number of methoxy groups -OCH3 is 1. The maximum absolute atomic E-state index is 12.3. The molecular formula is C22H29N5O3. The lowest BCUT2D eigenvalue weighted by Gasteiger charge is -2.27. The van der Waals surface area contributed by atoms with E-state index >= 15 is 0 Å². The molecule has 0 aliphatic rings. The zero-order valence-corrected chi connectivity index (χ0v) is 18.1. The van der Waals surface area contributed by atoms with E-state index in [1.807, 2.05) is 64.1 Å². The monoisotopic (exact) mass is 411 g/mol. The average molecular weight is 412 g/mol. The summed E-state index contributed by atoms with van der Waals surface area (Å²) in [6, 6.07) is 11.6. The van der Waals surface area contributed by atoms with Crippen LogP contribution in [0.25, 0.3) is 16.9 Å². The number of hydrogen-bond acceptors (Lipinski definition) is 6. The topological polar surface area (TPSA) is 81.0 Å². The van der Waals surface area contributed by atoms with Crippen molar-refractivity contribution in [2.24, 2.45) is 0 Å². The summed E-state index contributed by atoms with van der Waals surface area (Å²) in [5.74, 6) is 1.45. The number of carbonyl (C=O) groups is 1. The maximum Gasteiger partial charge on any atom is 0.410 e. The minimum absolute atomic E-state index is 0.0410. The van der Waals surface area contributed by atoms with Gasteiger partial charge in [0.2, 0.25) is 0 Å². The van der Waals surface area contributed by atoms with Gasteiger partial charge in [0.1, 0.15) is 11.6 Å². The van der Waals surface area contributed by atoms with Crippen molar-refractivity contribution in [1.82, 2.24) is 19.5 Å². The molecule has 30 heavy (non-hydrogen) atoms. The van der Waals surface area contributed by atoms with Crippen LogP contribution in [0.1, 0.15) is 27.7 Å². The van der Waals surface area contributed by atoms with Crippen molar-refractivity contribution in [1.29, 1.82) is 0 Å². The molecule has 1 amide bonds. The number of rotatable bonds is 8. The second-order valence-corrected chi connectivity index (χ2v) is 7.48. The third-order valence-electron chi connectivity index (χ3n) is 4.60. The molecule has 0 unspecified atom stereocenters. The number of carbonyl (C=O) groups excluding carboxylic acids is 1. The van der Waals surface area contributed by atoms with Gasteiger partial charge in [-0.2, -0.15) is 0 Å². The van der Waals surface area contributed by atoms with Gasteiger partial charge in [0.25, 0.3) is 0 Å². The minimum atomic E-state index is -0.307. The zero-order chi connectivity index (χ0) is 21.7. The lowest BCUT2D eigenvalue weighted by atomic mass is 10.1. The van der Waals surface area contributed by atoms with Gasteiger partial charge in [-0.05, 0) is 52.0 Å². The van der Waals surface area contributed by atoms with Crippen LogP contribution in [-0.4, -0.2) is 57.9 Å². The van der Waals surface area contributed by atoms with Gasteiger partial charge in [-0.1, -0.05) is 12.1 Å². The van der Waals surface area contributed by atoms with Gasteiger partial charge in [-0.25, -0.2) is 14.3 Å². The molecule has 1 aromatic carbocycles. The Morgan fingerprint density at radius 1 is 1.17 bits per heavy atom. The summed E-state index contributed by atoms with van der Waals surface area (Å²) >= 11 is 0. The van der Waals surface area contributed by atoms with Gasteiger partial charge in [0.15, 0.2) is 5.65 Å². The first-order valence-electron chi connectivity index (χ1n) is 10.1. The third kappa shape index (κ3) is 4.82. The average Bonchev–Trinajstić information content (AvgIpc) is 3.13. The van der Waals surface area contributed by atoms with Gasteiger partial charge in [-0.15, -0.1) is 5.10 Å². The summed E-state index contributed by atoms with van der Waals surface area (Å²) in [6.07, 6.45) is 1.33. The summed E-state index contributed by atoms with van der Waals surface area (Å²) in [4.78, 5) is 18.4. The molecule has 0 radical (unpaired) electrons. The zero-order valence-electron chi connectivity index (χ0n) is 18.1. The van der Waals surface area contributed by atoms with E-state index in [4.69, 9.17) is 9.47 Å². The van der Waals surface area contributed by atoms with Crippen LogP contribution >= 0.6 is 0 Å². The van der Waals surface area contributed by atoms with Crippen molar-refractivity contribution in [2.75, 3.05) is 25.5 Å². The van der Waals surface area contributed by atoms with Crippen LogP contribution < -0.4 is 10.1 Å². The van der Waals surface area contributed by atoms with Crippen LogP contribution in [0.15, 0.2) is 42.6 Å². The molecular weight excluding hydrogens is 382 g/mol. The van der Waals surface area contributed by atoms with Gasteiger partial charge < -0.3 is 19.7 Å². The number of amides is 1. The van der Waals surface area contributed by atoms with Crippen LogP contribution in [0.2, 0.25) is 0 Å². The third-order valence-corrected chi connectivity index (χ3v) is 4.60. The number of nitrogens with zero attached hydrogens (tertiary/aromatic N) is 4. The Hall–Kier alpha value is -3.29. The van der Waals surface area contributed by atoms with E-state index in [0.29, 0.717) is 18.9 Å². The molecule has 0 bridgehead atoms. The van der Waals surface area contributed by atoms with Gasteiger partial charge in [0, 0.05) is 24.7 Å². The van der Waals surface area contributed by atoms with Crippen molar-refractivity contribution in [2.45, 2.75) is 39.8 Å². The summed E-state index contributed by atoms with van der Waals surface area (Å²) < 4.78 is 12.6. The predicted molar refractivity (Wildman–Crippen MR) is 117 cm³/mol. The number of ether oxygens (including phenoxy) is 2. The van der Waals surface area contributed by atoms with E-state index in [2.05, 4.69) is 15.4 Å². The van der Waals surface area contributed by atoms with E-state index in [9.17, 15) is 4.79 Å². The Labute approximate surface area is 176 Å². The standard InChI is InChI=1S/C22H29N5O3/c1-15(2)26(22(28)30-16(3)4)13-12-23-20-10-11-21-24-14-18(27(21)25-20)17-8-6-7-9-19(17)29-5/h6-11,14-16H,12-13H2,1-5H3,(H,23,25). The second-order valence-electron chi connectivity index (χ2n) is 7.48. The lowest BCUT2D eigenvalue weighted by molar-refractivity contribution is 0.0693. The Morgan fingerprint density at radius 2 is 1.93 bits per heavy atom. The number of aromatic nitrogens is 3. The summed E-state index contributed by atoms with van der Waals surface area (Å²) in [7, 11) is 1.65. The summed E-state index contributed by atoms with van der Waals surface area (Å²) in [5, 5.41) is 7.96. The molecule has 3 aromatic rings. The minimum Gasteiger partial charge on any atom is -0.496 e. The van der Waals surface area contributed by atoms with Gasteiger partial charge in [-0.3, -0.25) is 0 Å². The highest BCUT2D eigenvalue weighted by atomic mass is 16.6. The van der Waals surface area contributed by atoms with E-state index in [0.717, 1.165) is 22.7 Å².